The van der Waals surface area contributed by atoms with E-state index in [-0.39, 0.29) is 11.5 Å². The lowest BCUT2D eigenvalue weighted by molar-refractivity contribution is -0.136. The van der Waals surface area contributed by atoms with Gasteiger partial charge in [-0.05, 0) is 25.1 Å². The predicted molar refractivity (Wildman–Crippen MR) is 66.0 cm³/mol. The van der Waals surface area contributed by atoms with Gasteiger partial charge in [-0.2, -0.15) is 5.11 Å². The molecule has 1 N–H and O–H groups in total. The Labute approximate surface area is 107 Å². The molecule has 1 aromatic rings. The molecular weight excluding hydrogens is 288 g/mol. The fourth-order valence-electron chi connectivity index (χ4n) is 1.00. The van der Waals surface area contributed by atoms with Crippen molar-refractivity contribution in [3.8, 4) is 0 Å². The summed E-state index contributed by atoms with van der Waals surface area (Å²) >= 11 is 3.29. The van der Waals surface area contributed by atoms with Gasteiger partial charge in [-0.3, -0.25) is 0 Å². The Morgan fingerprint density at radius 2 is 2.18 bits per heavy atom. The number of aliphatic hydroxyl groups excluding tert-OH is 1. The van der Waals surface area contributed by atoms with E-state index in [1.165, 1.54) is 14.0 Å². The summed E-state index contributed by atoms with van der Waals surface area (Å²) in [6.45, 7) is 1.34. The lowest BCUT2D eigenvalue weighted by Crippen LogP contribution is -2.04. The maximum atomic E-state index is 11.2. The van der Waals surface area contributed by atoms with E-state index in [9.17, 15) is 9.90 Å². The number of hydrogen-bond donors (Lipinski definition) is 1. The van der Waals surface area contributed by atoms with Crippen LogP contribution in [-0.4, -0.2) is 18.2 Å². The van der Waals surface area contributed by atoms with E-state index < -0.39 is 5.97 Å². The topological polar surface area (TPSA) is 71.2 Å². The minimum Gasteiger partial charge on any atom is -0.510 e. The standard InChI is InChI=1S/C11H11BrN2O3/c1-7(15)10(11(16)17-2)14-13-9-5-3-4-8(12)6-9/h3-6,15H,1-2H3/b10-7-,14-13?. The highest BCUT2D eigenvalue weighted by atomic mass is 79.9. The first kappa shape index (κ1) is 13.4. The summed E-state index contributed by atoms with van der Waals surface area (Å²) in [5.41, 5.74) is 0.342. The second kappa shape index (κ2) is 6.15. The molecule has 0 heterocycles. The smallest absolute Gasteiger partial charge is 0.362 e. The zero-order chi connectivity index (χ0) is 12.8. The second-order valence-corrected chi connectivity index (χ2v) is 4.02. The quantitative estimate of drug-likeness (QED) is 0.402. The molecule has 0 bridgehead atoms. The molecule has 17 heavy (non-hydrogen) atoms. The maximum absolute atomic E-state index is 11.2. The van der Waals surface area contributed by atoms with E-state index in [2.05, 4.69) is 30.9 Å². The molecule has 0 saturated carbocycles. The van der Waals surface area contributed by atoms with Crippen LogP contribution < -0.4 is 0 Å². The normalized spacial score (nSPS) is 12.4. The molecule has 0 aromatic heterocycles. The molecule has 0 aliphatic rings. The number of aliphatic hydroxyl groups is 1. The summed E-state index contributed by atoms with van der Waals surface area (Å²) in [6.07, 6.45) is 0. The lowest BCUT2D eigenvalue weighted by Gasteiger charge is -1.99. The Kier molecular flexibility index (Phi) is 4.84. The molecule has 0 saturated heterocycles. The van der Waals surface area contributed by atoms with E-state index in [1.807, 2.05) is 6.07 Å². The Bertz CT molecular complexity index is 479. The minimum atomic E-state index is -0.733. The highest BCUT2D eigenvalue weighted by Crippen LogP contribution is 2.20. The molecule has 0 atom stereocenters. The van der Waals surface area contributed by atoms with Gasteiger partial charge in [0, 0.05) is 4.47 Å². The predicted octanol–water partition coefficient (Wildman–Crippen LogP) is 3.50. The van der Waals surface area contributed by atoms with Gasteiger partial charge >= 0.3 is 5.97 Å². The molecule has 0 spiro atoms. The van der Waals surface area contributed by atoms with Gasteiger partial charge in [-0.1, -0.05) is 22.0 Å². The number of allylic oxidation sites excluding steroid dienone is 1. The third kappa shape index (κ3) is 3.99. The Hall–Kier alpha value is -1.69. The van der Waals surface area contributed by atoms with Crippen LogP contribution in [0, 0.1) is 0 Å². The first-order valence-corrected chi connectivity index (χ1v) is 5.49. The van der Waals surface area contributed by atoms with Crippen molar-refractivity contribution >= 4 is 27.6 Å². The summed E-state index contributed by atoms with van der Waals surface area (Å²) in [4.78, 5) is 11.2. The number of hydrogen-bond acceptors (Lipinski definition) is 5. The molecule has 0 amide bonds. The van der Waals surface area contributed by atoms with E-state index in [4.69, 9.17) is 0 Å². The van der Waals surface area contributed by atoms with Crippen LogP contribution in [0.4, 0.5) is 5.69 Å². The molecular formula is C11H11BrN2O3. The van der Waals surface area contributed by atoms with Crippen molar-refractivity contribution in [2.24, 2.45) is 10.2 Å². The van der Waals surface area contributed by atoms with E-state index in [0.29, 0.717) is 5.69 Å². The van der Waals surface area contributed by atoms with Gasteiger partial charge < -0.3 is 9.84 Å². The van der Waals surface area contributed by atoms with Gasteiger partial charge in [0.2, 0.25) is 5.70 Å². The number of carbonyl (C=O) groups is 1. The molecule has 5 nitrogen and oxygen atoms in total. The molecule has 1 aromatic carbocycles. The van der Waals surface area contributed by atoms with E-state index in [0.717, 1.165) is 4.47 Å². The van der Waals surface area contributed by atoms with Gasteiger partial charge in [-0.15, -0.1) is 5.11 Å². The SMILES string of the molecule is COC(=O)/C(N=Nc1cccc(Br)c1)=C(\C)O. The third-order valence-electron chi connectivity index (χ3n) is 1.80. The Morgan fingerprint density at radius 3 is 2.71 bits per heavy atom. The number of esters is 1. The van der Waals surface area contributed by atoms with Crippen molar-refractivity contribution < 1.29 is 14.6 Å². The highest BCUT2D eigenvalue weighted by molar-refractivity contribution is 9.10. The van der Waals surface area contributed by atoms with Crippen LogP contribution in [0.3, 0.4) is 0 Å². The summed E-state index contributed by atoms with van der Waals surface area (Å²) in [5, 5.41) is 16.8. The summed E-state index contributed by atoms with van der Waals surface area (Å²) in [5.74, 6) is -0.973. The summed E-state index contributed by atoms with van der Waals surface area (Å²) < 4.78 is 5.31. The van der Waals surface area contributed by atoms with Crippen molar-refractivity contribution in [2.75, 3.05) is 7.11 Å². The number of halogens is 1. The fraction of sp³-hybridized carbons (Fsp3) is 0.182. The van der Waals surface area contributed by atoms with Gasteiger partial charge in [0.25, 0.3) is 0 Å². The zero-order valence-corrected chi connectivity index (χ0v) is 10.9. The van der Waals surface area contributed by atoms with Crippen LogP contribution in [0.1, 0.15) is 6.92 Å². The number of benzene rings is 1. The molecule has 6 heteroatoms. The first-order valence-electron chi connectivity index (χ1n) is 4.70. The lowest BCUT2D eigenvalue weighted by atomic mass is 10.3. The van der Waals surface area contributed by atoms with Crippen LogP contribution in [0.15, 0.2) is 50.4 Å². The first-order chi connectivity index (χ1) is 8.04. The number of ether oxygens (including phenoxy) is 1. The van der Waals surface area contributed by atoms with Crippen molar-refractivity contribution in [2.45, 2.75) is 6.92 Å². The van der Waals surface area contributed by atoms with Crippen LogP contribution in [0.25, 0.3) is 0 Å². The van der Waals surface area contributed by atoms with Gasteiger partial charge in [0.05, 0.1) is 12.8 Å². The van der Waals surface area contributed by atoms with Gasteiger partial charge in [-0.25, -0.2) is 4.79 Å². The number of rotatable bonds is 3. The van der Waals surface area contributed by atoms with E-state index >= 15 is 0 Å². The molecule has 0 fully saturated rings. The zero-order valence-electron chi connectivity index (χ0n) is 9.35. The van der Waals surface area contributed by atoms with Crippen LogP contribution >= 0.6 is 15.9 Å². The van der Waals surface area contributed by atoms with Crippen molar-refractivity contribution in [1.82, 2.24) is 0 Å². The molecule has 90 valence electrons. The number of methoxy groups -OCH3 is 1. The average molecular weight is 299 g/mol. The van der Waals surface area contributed by atoms with E-state index in [1.54, 1.807) is 18.2 Å². The maximum Gasteiger partial charge on any atom is 0.362 e. The average Bonchev–Trinajstić information content (AvgIpc) is 2.28. The Morgan fingerprint density at radius 1 is 1.47 bits per heavy atom. The van der Waals surface area contributed by atoms with Crippen molar-refractivity contribution in [3.63, 3.8) is 0 Å². The number of azo groups is 1. The van der Waals surface area contributed by atoms with Gasteiger partial charge in [0.15, 0.2) is 0 Å². The Balaban J connectivity index is 2.96. The molecule has 1 rings (SSSR count). The largest absolute Gasteiger partial charge is 0.510 e. The molecule has 0 radical (unpaired) electrons. The van der Waals surface area contributed by atoms with Crippen molar-refractivity contribution in [1.29, 1.82) is 0 Å². The summed E-state index contributed by atoms with van der Waals surface area (Å²) in [7, 11) is 1.21. The summed E-state index contributed by atoms with van der Waals surface area (Å²) in [6, 6.07) is 7.07. The van der Waals surface area contributed by atoms with Gasteiger partial charge in [0.1, 0.15) is 5.76 Å². The second-order valence-electron chi connectivity index (χ2n) is 3.11. The highest BCUT2D eigenvalue weighted by Gasteiger charge is 2.12. The third-order valence-corrected chi connectivity index (χ3v) is 2.29. The van der Waals surface area contributed by atoms with Crippen LogP contribution in [0.2, 0.25) is 0 Å². The van der Waals surface area contributed by atoms with Crippen LogP contribution in [-0.2, 0) is 9.53 Å². The number of nitrogens with zero attached hydrogens (tertiary/aromatic N) is 2. The fourth-order valence-corrected chi connectivity index (χ4v) is 1.39. The molecule has 0 aliphatic heterocycles. The monoisotopic (exact) mass is 298 g/mol. The van der Waals surface area contributed by atoms with Crippen LogP contribution in [0.5, 0.6) is 0 Å². The number of carbonyl (C=O) groups excluding carboxylic acids is 1. The minimum absolute atomic E-state index is 0.215. The van der Waals surface area contributed by atoms with Crippen molar-refractivity contribution in [3.05, 3.63) is 40.2 Å². The molecule has 0 aliphatic carbocycles. The molecule has 0 unspecified atom stereocenters.